The van der Waals surface area contributed by atoms with Gasteiger partial charge in [-0.25, -0.2) is 4.98 Å². The van der Waals surface area contributed by atoms with Crippen molar-refractivity contribution >= 4 is 11.3 Å². The summed E-state index contributed by atoms with van der Waals surface area (Å²) in [4.78, 5) is 8.84. The molecule has 0 aliphatic heterocycles. The molecule has 1 aliphatic rings. The first-order chi connectivity index (χ1) is 10.3. The minimum Gasteiger partial charge on any atom is -0.309 e. The third kappa shape index (κ3) is 5.04. The number of hydrogen-bond acceptors (Lipinski definition) is 4. The third-order valence-corrected chi connectivity index (χ3v) is 5.55. The SMILES string of the molecule is CCCc1nc(CN(CC)CC)sc1CNC1CCCC1. The summed E-state index contributed by atoms with van der Waals surface area (Å²) in [5, 5.41) is 5.04. The molecule has 0 amide bonds. The smallest absolute Gasteiger partial charge is 0.107 e. The second-order valence-corrected chi connectivity index (χ2v) is 7.22. The number of rotatable bonds is 9. The first kappa shape index (κ1) is 16.9. The van der Waals surface area contributed by atoms with Gasteiger partial charge in [-0.2, -0.15) is 0 Å². The molecular formula is C17H31N3S. The maximum Gasteiger partial charge on any atom is 0.107 e. The van der Waals surface area contributed by atoms with Gasteiger partial charge in [0.15, 0.2) is 0 Å². The van der Waals surface area contributed by atoms with E-state index < -0.39 is 0 Å². The largest absolute Gasteiger partial charge is 0.309 e. The molecule has 21 heavy (non-hydrogen) atoms. The van der Waals surface area contributed by atoms with E-state index in [9.17, 15) is 0 Å². The summed E-state index contributed by atoms with van der Waals surface area (Å²) in [6.07, 6.45) is 7.81. The van der Waals surface area contributed by atoms with Crippen LogP contribution in [0.2, 0.25) is 0 Å². The standard InChI is InChI=1S/C17H31N3S/c1-4-9-15-16(12-18-14-10-7-8-11-14)21-17(19-15)13-20(5-2)6-3/h14,18H,4-13H2,1-3H3. The van der Waals surface area contributed by atoms with Gasteiger partial charge in [0.2, 0.25) is 0 Å². The van der Waals surface area contributed by atoms with E-state index in [-0.39, 0.29) is 0 Å². The van der Waals surface area contributed by atoms with Crippen LogP contribution in [0.5, 0.6) is 0 Å². The molecule has 1 aromatic rings. The number of aryl methyl sites for hydroxylation is 1. The molecule has 1 heterocycles. The molecule has 0 aromatic carbocycles. The van der Waals surface area contributed by atoms with Crippen molar-refractivity contribution in [2.24, 2.45) is 0 Å². The average Bonchev–Trinajstić information content (AvgIpc) is 3.13. The van der Waals surface area contributed by atoms with Gasteiger partial charge in [0, 0.05) is 17.5 Å². The van der Waals surface area contributed by atoms with Crippen molar-refractivity contribution < 1.29 is 0 Å². The predicted molar refractivity (Wildman–Crippen MR) is 91.8 cm³/mol. The second-order valence-electron chi connectivity index (χ2n) is 6.05. The Morgan fingerprint density at radius 1 is 1.19 bits per heavy atom. The second kappa shape index (κ2) is 8.86. The van der Waals surface area contributed by atoms with E-state index in [1.165, 1.54) is 47.7 Å². The molecule has 120 valence electrons. The summed E-state index contributed by atoms with van der Waals surface area (Å²) >= 11 is 1.93. The minimum atomic E-state index is 0.743. The Morgan fingerprint density at radius 2 is 1.90 bits per heavy atom. The van der Waals surface area contributed by atoms with Crippen LogP contribution in [0, 0.1) is 0 Å². The van der Waals surface area contributed by atoms with E-state index in [0.29, 0.717) is 0 Å². The quantitative estimate of drug-likeness (QED) is 0.748. The van der Waals surface area contributed by atoms with Crippen LogP contribution >= 0.6 is 11.3 Å². The first-order valence-electron chi connectivity index (χ1n) is 8.69. The van der Waals surface area contributed by atoms with Crippen LogP contribution in [0.1, 0.15) is 68.5 Å². The third-order valence-electron chi connectivity index (χ3n) is 4.47. The number of nitrogens with one attached hydrogen (secondary N) is 1. The Hall–Kier alpha value is -0.450. The normalized spacial score (nSPS) is 16.2. The van der Waals surface area contributed by atoms with Crippen molar-refractivity contribution in [3.8, 4) is 0 Å². The molecule has 0 unspecified atom stereocenters. The van der Waals surface area contributed by atoms with Crippen molar-refractivity contribution in [1.82, 2.24) is 15.2 Å². The van der Waals surface area contributed by atoms with Crippen molar-refractivity contribution in [2.45, 2.75) is 78.4 Å². The molecule has 0 radical (unpaired) electrons. The van der Waals surface area contributed by atoms with Crippen molar-refractivity contribution in [3.05, 3.63) is 15.6 Å². The average molecular weight is 310 g/mol. The monoisotopic (exact) mass is 309 g/mol. The maximum atomic E-state index is 4.92. The molecule has 4 heteroatoms. The predicted octanol–water partition coefficient (Wildman–Crippen LogP) is 3.97. The lowest BCUT2D eigenvalue weighted by atomic mass is 10.2. The lowest BCUT2D eigenvalue weighted by Crippen LogP contribution is -2.25. The fourth-order valence-electron chi connectivity index (χ4n) is 3.08. The molecule has 2 rings (SSSR count). The first-order valence-corrected chi connectivity index (χ1v) is 9.51. The van der Waals surface area contributed by atoms with Gasteiger partial charge in [-0.05, 0) is 32.4 Å². The lowest BCUT2D eigenvalue weighted by molar-refractivity contribution is 0.295. The van der Waals surface area contributed by atoms with Gasteiger partial charge in [0.25, 0.3) is 0 Å². The molecule has 1 aromatic heterocycles. The Balaban J connectivity index is 1.97. The highest BCUT2D eigenvalue weighted by Gasteiger charge is 2.17. The fraction of sp³-hybridized carbons (Fsp3) is 0.824. The molecule has 3 nitrogen and oxygen atoms in total. The molecule has 0 atom stereocenters. The Labute approximate surface area is 134 Å². The zero-order valence-corrected chi connectivity index (χ0v) is 14.8. The molecule has 1 saturated carbocycles. The van der Waals surface area contributed by atoms with Crippen molar-refractivity contribution in [2.75, 3.05) is 13.1 Å². The molecule has 1 aliphatic carbocycles. The van der Waals surface area contributed by atoms with Crippen molar-refractivity contribution in [3.63, 3.8) is 0 Å². The summed E-state index contributed by atoms with van der Waals surface area (Å²) < 4.78 is 0. The molecule has 1 N–H and O–H groups in total. The van der Waals surface area contributed by atoms with Gasteiger partial charge in [-0.1, -0.05) is 40.0 Å². The summed E-state index contributed by atoms with van der Waals surface area (Å²) in [7, 11) is 0. The van der Waals surface area contributed by atoms with Gasteiger partial charge in [0.1, 0.15) is 5.01 Å². The van der Waals surface area contributed by atoms with Gasteiger partial charge < -0.3 is 5.32 Å². The zero-order chi connectivity index (χ0) is 15.1. The van der Waals surface area contributed by atoms with Crippen LogP contribution in [0.4, 0.5) is 0 Å². The van der Waals surface area contributed by atoms with Crippen LogP contribution in [0.15, 0.2) is 0 Å². The van der Waals surface area contributed by atoms with E-state index in [1.807, 2.05) is 11.3 Å². The van der Waals surface area contributed by atoms with Gasteiger partial charge in [-0.15, -0.1) is 11.3 Å². The van der Waals surface area contributed by atoms with E-state index >= 15 is 0 Å². The van der Waals surface area contributed by atoms with Crippen LogP contribution in [0.25, 0.3) is 0 Å². The van der Waals surface area contributed by atoms with Gasteiger partial charge in [-0.3, -0.25) is 4.90 Å². The minimum absolute atomic E-state index is 0.743. The molecule has 0 saturated heterocycles. The van der Waals surface area contributed by atoms with E-state index in [4.69, 9.17) is 4.98 Å². The zero-order valence-electron chi connectivity index (χ0n) is 14.0. The number of hydrogen-bond donors (Lipinski definition) is 1. The van der Waals surface area contributed by atoms with Gasteiger partial charge in [0.05, 0.1) is 12.2 Å². The van der Waals surface area contributed by atoms with Crippen LogP contribution in [-0.2, 0) is 19.5 Å². The Bertz CT molecular complexity index is 406. The highest BCUT2D eigenvalue weighted by Crippen LogP contribution is 2.23. The molecule has 0 spiro atoms. The van der Waals surface area contributed by atoms with Gasteiger partial charge >= 0.3 is 0 Å². The van der Waals surface area contributed by atoms with Crippen LogP contribution in [-0.4, -0.2) is 29.0 Å². The Kier molecular flexibility index (Phi) is 7.14. The lowest BCUT2D eigenvalue weighted by Gasteiger charge is -2.15. The summed E-state index contributed by atoms with van der Waals surface area (Å²) in [5.41, 5.74) is 1.34. The van der Waals surface area contributed by atoms with Crippen LogP contribution in [0.3, 0.4) is 0 Å². The molecule has 0 bridgehead atoms. The number of aromatic nitrogens is 1. The van der Waals surface area contributed by atoms with E-state index in [2.05, 4.69) is 31.0 Å². The van der Waals surface area contributed by atoms with E-state index in [0.717, 1.165) is 38.6 Å². The number of nitrogens with zero attached hydrogens (tertiary/aromatic N) is 2. The molecule has 1 fully saturated rings. The summed E-state index contributed by atoms with van der Waals surface area (Å²) in [5.74, 6) is 0. The fourth-order valence-corrected chi connectivity index (χ4v) is 4.19. The van der Waals surface area contributed by atoms with E-state index in [1.54, 1.807) is 0 Å². The Morgan fingerprint density at radius 3 is 2.52 bits per heavy atom. The van der Waals surface area contributed by atoms with Crippen molar-refractivity contribution in [1.29, 1.82) is 0 Å². The summed E-state index contributed by atoms with van der Waals surface area (Å²) in [6, 6.07) is 0.743. The maximum absolute atomic E-state index is 4.92. The number of thiazole rings is 1. The highest BCUT2D eigenvalue weighted by atomic mass is 32.1. The summed E-state index contributed by atoms with van der Waals surface area (Å²) in [6.45, 7) is 11.0. The molecular weight excluding hydrogens is 278 g/mol. The highest BCUT2D eigenvalue weighted by molar-refractivity contribution is 7.11. The van der Waals surface area contributed by atoms with Crippen LogP contribution < -0.4 is 5.32 Å². The topological polar surface area (TPSA) is 28.2 Å².